The lowest BCUT2D eigenvalue weighted by atomic mass is 10.3. The van der Waals surface area contributed by atoms with Crippen LogP contribution < -0.4 is 10.0 Å². The smallest absolute Gasteiger partial charge is 0.250 e. The summed E-state index contributed by atoms with van der Waals surface area (Å²) in [6, 6.07) is 3.52. The number of rotatable bonds is 8. The molecule has 17 heavy (non-hydrogen) atoms. The minimum atomic E-state index is -3.30. The van der Waals surface area contributed by atoms with Crippen LogP contribution in [0.15, 0.2) is 16.3 Å². The predicted molar refractivity (Wildman–Crippen MR) is 71.8 cm³/mol. The number of sulfonamides is 1. The van der Waals surface area contributed by atoms with Crippen LogP contribution in [0.25, 0.3) is 0 Å². The minimum absolute atomic E-state index is 0.402. The van der Waals surface area contributed by atoms with Crippen molar-refractivity contribution < 1.29 is 8.42 Å². The van der Waals surface area contributed by atoms with Gasteiger partial charge in [-0.25, -0.2) is 13.1 Å². The summed E-state index contributed by atoms with van der Waals surface area (Å²) in [6.07, 6.45) is 3.04. The van der Waals surface area contributed by atoms with Crippen molar-refractivity contribution in [2.45, 2.75) is 36.9 Å². The third kappa shape index (κ3) is 4.75. The maximum Gasteiger partial charge on any atom is 0.250 e. The number of thiophene rings is 1. The van der Waals surface area contributed by atoms with Crippen molar-refractivity contribution in [2.75, 3.05) is 13.6 Å². The summed E-state index contributed by atoms with van der Waals surface area (Å²) in [7, 11) is -1.45. The van der Waals surface area contributed by atoms with Gasteiger partial charge in [0.25, 0.3) is 0 Å². The Hall–Kier alpha value is -0.430. The Morgan fingerprint density at radius 3 is 2.71 bits per heavy atom. The Bertz CT molecular complexity index is 426. The third-order valence-corrected chi connectivity index (χ3v) is 5.36. The average molecular weight is 276 g/mol. The zero-order valence-corrected chi connectivity index (χ0v) is 12.0. The molecule has 1 heterocycles. The summed E-state index contributed by atoms with van der Waals surface area (Å²) in [5.41, 5.74) is 0. The van der Waals surface area contributed by atoms with Crippen LogP contribution in [-0.4, -0.2) is 22.0 Å². The third-order valence-electron chi connectivity index (χ3n) is 2.33. The van der Waals surface area contributed by atoms with Gasteiger partial charge in [0.2, 0.25) is 10.0 Å². The summed E-state index contributed by atoms with van der Waals surface area (Å²) >= 11 is 1.32. The van der Waals surface area contributed by atoms with Gasteiger partial charge in [0.05, 0.1) is 0 Å². The summed E-state index contributed by atoms with van der Waals surface area (Å²) in [5, 5.41) is 3.00. The zero-order chi connectivity index (χ0) is 12.7. The first kappa shape index (κ1) is 14.6. The van der Waals surface area contributed by atoms with Crippen LogP contribution in [0.1, 0.15) is 31.1 Å². The Labute approximate surface area is 107 Å². The Morgan fingerprint density at radius 2 is 2.06 bits per heavy atom. The molecule has 0 saturated carbocycles. The molecule has 0 aliphatic heterocycles. The molecule has 0 atom stereocenters. The van der Waals surface area contributed by atoms with Gasteiger partial charge in [0, 0.05) is 18.0 Å². The molecular formula is C11H20N2O2S2. The quantitative estimate of drug-likeness (QED) is 0.713. The average Bonchev–Trinajstić information content (AvgIpc) is 2.74. The van der Waals surface area contributed by atoms with Crippen molar-refractivity contribution >= 4 is 21.4 Å². The van der Waals surface area contributed by atoms with Crippen molar-refractivity contribution in [3.05, 3.63) is 17.0 Å². The first-order valence-electron chi connectivity index (χ1n) is 5.83. The lowest BCUT2D eigenvalue weighted by molar-refractivity contribution is 0.578. The molecule has 0 unspecified atom stereocenters. The highest BCUT2D eigenvalue weighted by molar-refractivity contribution is 7.91. The number of hydrogen-bond acceptors (Lipinski definition) is 4. The second-order valence-corrected chi connectivity index (χ2v) is 7.02. The van der Waals surface area contributed by atoms with Gasteiger partial charge in [0.1, 0.15) is 4.21 Å². The molecule has 6 heteroatoms. The summed E-state index contributed by atoms with van der Waals surface area (Å²) in [4.78, 5) is 1.03. The van der Waals surface area contributed by atoms with E-state index in [0.717, 1.165) is 24.1 Å². The molecular weight excluding hydrogens is 256 g/mol. The van der Waals surface area contributed by atoms with Crippen LogP contribution in [0.2, 0.25) is 0 Å². The lowest BCUT2D eigenvalue weighted by Gasteiger charge is -2.03. The summed E-state index contributed by atoms with van der Waals surface area (Å²) in [6.45, 7) is 3.32. The molecule has 98 valence electrons. The molecule has 1 aromatic heterocycles. The van der Waals surface area contributed by atoms with E-state index in [1.165, 1.54) is 11.3 Å². The van der Waals surface area contributed by atoms with Gasteiger partial charge in [0.15, 0.2) is 0 Å². The largest absolute Gasteiger partial charge is 0.315 e. The van der Waals surface area contributed by atoms with E-state index in [9.17, 15) is 8.42 Å². The van der Waals surface area contributed by atoms with E-state index in [2.05, 4.69) is 17.0 Å². The maximum absolute atomic E-state index is 11.9. The maximum atomic E-state index is 11.9. The van der Waals surface area contributed by atoms with E-state index in [-0.39, 0.29) is 0 Å². The fourth-order valence-electron chi connectivity index (χ4n) is 1.42. The molecule has 0 aromatic carbocycles. The van der Waals surface area contributed by atoms with Crippen molar-refractivity contribution in [2.24, 2.45) is 0 Å². The molecule has 0 saturated heterocycles. The first-order valence-corrected chi connectivity index (χ1v) is 8.13. The van der Waals surface area contributed by atoms with Crippen molar-refractivity contribution in [3.8, 4) is 0 Å². The Balaban J connectivity index is 2.56. The monoisotopic (exact) mass is 276 g/mol. The highest BCUT2D eigenvalue weighted by Gasteiger charge is 2.15. The molecule has 1 aromatic rings. The van der Waals surface area contributed by atoms with Gasteiger partial charge in [-0.1, -0.05) is 19.8 Å². The van der Waals surface area contributed by atoms with Crippen LogP contribution in [0.3, 0.4) is 0 Å². The SMILES string of the molecule is CCCCCNS(=O)(=O)c1ccc(CNC)s1. The summed E-state index contributed by atoms with van der Waals surface area (Å²) < 4.78 is 26.8. The van der Waals surface area contributed by atoms with Crippen LogP contribution in [0, 0.1) is 0 Å². The van der Waals surface area contributed by atoms with Crippen molar-refractivity contribution in [1.82, 2.24) is 10.0 Å². The topological polar surface area (TPSA) is 58.2 Å². The van der Waals surface area contributed by atoms with E-state index >= 15 is 0 Å². The van der Waals surface area contributed by atoms with E-state index in [0.29, 0.717) is 17.3 Å². The van der Waals surface area contributed by atoms with Crippen molar-refractivity contribution in [3.63, 3.8) is 0 Å². The number of nitrogens with one attached hydrogen (secondary N) is 2. The fraction of sp³-hybridized carbons (Fsp3) is 0.636. The van der Waals surface area contributed by atoms with Gasteiger partial charge in [-0.15, -0.1) is 11.3 Å². The van der Waals surface area contributed by atoms with Gasteiger partial charge < -0.3 is 5.32 Å². The molecule has 2 N–H and O–H groups in total. The second kappa shape index (κ2) is 7.10. The molecule has 0 radical (unpaired) electrons. The van der Waals surface area contributed by atoms with Gasteiger partial charge in [-0.3, -0.25) is 0 Å². The lowest BCUT2D eigenvalue weighted by Crippen LogP contribution is -2.23. The number of hydrogen-bond donors (Lipinski definition) is 2. The molecule has 0 aliphatic carbocycles. The highest BCUT2D eigenvalue weighted by atomic mass is 32.2. The van der Waals surface area contributed by atoms with E-state index in [1.807, 2.05) is 13.1 Å². The predicted octanol–water partition coefficient (Wildman–Crippen LogP) is 1.94. The van der Waals surface area contributed by atoms with Crippen molar-refractivity contribution in [1.29, 1.82) is 0 Å². The fourth-order valence-corrected chi connectivity index (χ4v) is 3.91. The van der Waals surface area contributed by atoms with Gasteiger partial charge in [-0.2, -0.15) is 0 Å². The molecule has 0 amide bonds. The Kier molecular flexibility index (Phi) is 6.11. The van der Waals surface area contributed by atoms with E-state index in [4.69, 9.17) is 0 Å². The number of unbranched alkanes of at least 4 members (excludes halogenated alkanes) is 2. The molecule has 0 bridgehead atoms. The van der Waals surface area contributed by atoms with Gasteiger partial charge >= 0.3 is 0 Å². The standard InChI is InChI=1S/C11H20N2O2S2/c1-3-4-5-8-13-17(14,15)11-7-6-10(16-11)9-12-2/h6-7,12-13H,3-5,8-9H2,1-2H3. The van der Waals surface area contributed by atoms with E-state index < -0.39 is 10.0 Å². The molecule has 0 spiro atoms. The second-order valence-electron chi connectivity index (χ2n) is 3.86. The van der Waals surface area contributed by atoms with Gasteiger partial charge in [-0.05, 0) is 25.6 Å². The minimum Gasteiger partial charge on any atom is -0.315 e. The highest BCUT2D eigenvalue weighted by Crippen LogP contribution is 2.21. The van der Waals surface area contributed by atoms with Crippen LogP contribution in [0.5, 0.6) is 0 Å². The van der Waals surface area contributed by atoms with Crippen LogP contribution in [-0.2, 0) is 16.6 Å². The molecule has 0 aliphatic rings. The summed E-state index contributed by atoms with van der Waals surface area (Å²) in [5.74, 6) is 0. The van der Waals surface area contributed by atoms with Crippen LogP contribution >= 0.6 is 11.3 Å². The molecule has 0 fully saturated rings. The normalized spacial score (nSPS) is 11.9. The van der Waals surface area contributed by atoms with E-state index in [1.54, 1.807) is 6.07 Å². The molecule has 1 rings (SSSR count). The Morgan fingerprint density at radius 1 is 1.29 bits per heavy atom. The van der Waals surface area contributed by atoms with Crippen LogP contribution in [0.4, 0.5) is 0 Å². The molecule has 4 nitrogen and oxygen atoms in total. The zero-order valence-electron chi connectivity index (χ0n) is 10.3. The first-order chi connectivity index (χ1) is 8.10.